The Bertz CT molecular complexity index is 406. The lowest BCUT2D eigenvalue weighted by atomic mass is 10.1. The van der Waals surface area contributed by atoms with Crippen LogP contribution < -0.4 is 10.6 Å². The minimum absolute atomic E-state index is 0.157. The van der Waals surface area contributed by atoms with Crippen molar-refractivity contribution in [3.63, 3.8) is 0 Å². The number of anilines is 1. The summed E-state index contributed by atoms with van der Waals surface area (Å²) in [6, 6.07) is 5.15. The molecule has 1 aliphatic heterocycles. The van der Waals surface area contributed by atoms with E-state index in [4.69, 9.17) is 5.73 Å². The first-order chi connectivity index (χ1) is 8.03. The van der Waals surface area contributed by atoms with Crippen molar-refractivity contribution in [3.8, 4) is 0 Å². The number of nitrogens with two attached hydrogens (primary N) is 1. The van der Waals surface area contributed by atoms with Crippen LogP contribution in [-0.4, -0.2) is 23.6 Å². The molecule has 1 saturated heterocycles. The molecule has 0 atom stereocenters. The maximum Gasteiger partial charge on any atom is 0.146 e. The van der Waals surface area contributed by atoms with Gasteiger partial charge in [-0.3, -0.25) is 0 Å². The zero-order chi connectivity index (χ0) is 12.5. The van der Waals surface area contributed by atoms with Crippen molar-refractivity contribution in [2.75, 3.05) is 23.7 Å². The molecule has 2 nitrogen and oxygen atoms in total. The van der Waals surface area contributed by atoms with Crippen LogP contribution in [0.3, 0.4) is 0 Å². The molecule has 0 aliphatic carbocycles. The summed E-state index contributed by atoms with van der Waals surface area (Å²) in [5, 5.41) is 0. The fourth-order valence-corrected chi connectivity index (χ4v) is 3.40. The molecule has 1 aromatic carbocycles. The lowest BCUT2D eigenvalue weighted by Gasteiger charge is -2.39. The van der Waals surface area contributed by atoms with Crippen molar-refractivity contribution < 1.29 is 4.39 Å². The van der Waals surface area contributed by atoms with Crippen molar-refractivity contribution >= 4 is 17.4 Å². The van der Waals surface area contributed by atoms with E-state index in [1.807, 2.05) is 17.8 Å². The molecule has 0 spiro atoms. The van der Waals surface area contributed by atoms with Crippen molar-refractivity contribution in [2.24, 2.45) is 5.73 Å². The van der Waals surface area contributed by atoms with Gasteiger partial charge in [-0.05, 0) is 25.5 Å². The first kappa shape index (κ1) is 12.7. The molecular formula is C13H19FN2S. The molecule has 94 valence electrons. The normalized spacial score (nSPS) is 19.4. The minimum atomic E-state index is -0.157. The van der Waals surface area contributed by atoms with Crippen molar-refractivity contribution in [3.05, 3.63) is 29.6 Å². The van der Waals surface area contributed by atoms with Gasteiger partial charge >= 0.3 is 0 Å². The van der Waals surface area contributed by atoms with Gasteiger partial charge in [0.1, 0.15) is 5.82 Å². The van der Waals surface area contributed by atoms with E-state index < -0.39 is 0 Å². The topological polar surface area (TPSA) is 29.3 Å². The molecule has 1 aromatic rings. The minimum Gasteiger partial charge on any atom is -0.367 e. The lowest BCUT2D eigenvalue weighted by molar-refractivity contribution is 0.594. The molecule has 0 radical (unpaired) electrons. The van der Waals surface area contributed by atoms with E-state index in [-0.39, 0.29) is 10.6 Å². The highest BCUT2D eigenvalue weighted by Gasteiger charge is 2.29. The van der Waals surface area contributed by atoms with Gasteiger partial charge in [-0.15, -0.1) is 0 Å². The van der Waals surface area contributed by atoms with E-state index in [9.17, 15) is 4.39 Å². The van der Waals surface area contributed by atoms with Gasteiger partial charge in [-0.1, -0.05) is 12.1 Å². The van der Waals surface area contributed by atoms with Crippen LogP contribution in [0.25, 0.3) is 0 Å². The summed E-state index contributed by atoms with van der Waals surface area (Å²) in [6.07, 6.45) is 0. The summed E-state index contributed by atoms with van der Waals surface area (Å²) in [6.45, 7) is 6.55. The lowest BCUT2D eigenvalue weighted by Crippen LogP contribution is -2.44. The van der Waals surface area contributed by atoms with Crippen molar-refractivity contribution in [1.82, 2.24) is 0 Å². The number of para-hydroxylation sites is 1. The smallest absolute Gasteiger partial charge is 0.146 e. The van der Waals surface area contributed by atoms with Gasteiger partial charge in [-0.25, -0.2) is 4.39 Å². The van der Waals surface area contributed by atoms with Crippen molar-refractivity contribution in [2.45, 2.75) is 25.1 Å². The van der Waals surface area contributed by atoms with Gasteiger partial charge in [-0.2, -0.15) is 11.8 Å². The first-order valence-corrected chi connectivity index (χ1v) is 6.88. The summed E-state index contributed by atoms with van der Waals surface area (Å²) in [7, 11) is 0. The van der Waals surface area contributed by atoms with Crippen LogP contribution in [-0.2, 0) is 6.54 Å². The van der Waals surface area contributed by atoms with Crippen LogP contribution in [0.1, 0.15) is 19.4 Å². The molecule has 1 heterocycles. The molecule has 0 amide bonds. The Morgan fingerprint density at radius 1 is 1.47 bits per heavy atom. The van der Waals surface area contributed by atoms with Gasteiger partial charge in [0.2, 0.25) is 0 Å². The molecule has 0 aromatic heterocycles. The maximum atomic E-state index is 14.0. The van der Waals surface area contributed by atoms with Gasteiger partial charge in [0.25, 0.3) is 0 Å². The summed E-state index contributed by atoms with van der Waals surface area (Å²) < 4.78 is 14.1. The van der Waals surface area contributed by atoms with Gasteiger partial charge in [0.05, 0.1) is 5.69 Å². The average molecular weight is 254 g/mol. The largest absolute Gasteiger partial charge is 0.367 e. The molecule has 2 rings (SSSR count). The van der Waals surface area contributed by atoms with E-state index in [1.54, 1.807) is 6.07 Å². The van der Waals surface area contributed by atoms with E-state index in [1.165, 1.54) is 6.07 Å². The van der Waals surface area contributed by atoms with Crippen LogP contribution in [0.15, 0.2) is 18.2 Å². The zero-order valence-electron chi connectivity index (χ0n) is 10.4. The molecular weight excluding hydrogens is 235 g/mol. The Balaban J connectivity index is 2.33. The van der Waals surface area contributed by atoms with E-state index >= 15 is 0 Å². The predicted octanol–water partition coefficient (Wildman–Crippen LogP) is 2.62. The predicted molar refractivity (Wildman–Crippen MR) is 73.0 cm³/mol. The number of thioether (sulfide) groups is 1. The molecule has 17 heavy (non-hydrogen) atoms. The Labute approximate surface area is 106 Å². The molecule has 1 aliphatic rings. The molecule has 0 saturated carbocycles. The van der Waals surface area contributed by atoms with Crippen LogP contribution in [0.5, 0.6) is 0 Å². The fraction of sp³-hybridized carbons (Fsp3) is 0.538. The second kappa shape index (κ2) is 4.86. The van der Waals surface area contributed by atoms with Gasteiger partial charge < -0.3 is 10.6 Å². The number of rotatable bonds is 2. The summed E-state index contributed by atoms with van der Waals surface area (Å²) in [4.78, 5) is 2.13. The second-order valence-electron chi connectivity index (χ2n) is 4.98. The van der Waals surface area contributed by atoms with E-state index in [0.717, 1.165) is 24.4 Å². The zero-order valence-corrected chi connectivity index (χ0v) is 11.2. The molecule has 1 fully saturated rings. The number of nitrogens with zero attached hydrogens (tertiary/aromatic N) is 1. The van der Waals surface area contributed by atoms with Crippen LogP contribution in [0.4, 0.5) is 10.1 Å². The summed E-state index contributed by atoms with van der Waals surface area (Å²) in [5.41, 5.74) is 7.29. The number of halogens is 1. The molecule has 0 bridgehead atoms. The van der Waals surface area contributed by atoms with E-state index in [0.29, 0.717) is 12.2 Å². The Kier molecular flexibility index (Phi) is 3.64. The second-order valence-corrected chi connectivity index (χ2v) is 6.78. The Morgan fingerprint density at radius 2 is 2.24 bits per heavy atom. The van der Waals surface area contributed by atoms with Crippen LogP contribution in [0.2, 0.25) is 0 Å². The third-order valence-electron chi connectivity index (χ3n) is 3.03. The molecule has 0 unspecified atom stereocenters. The number of benzene rings is 1. The van der Waals surface area contributed by atoms with Crippen molar-refractivity contribution in [1.29, 1.82) is 0 Å². The quantitative estimate of drug-likeness (QED) is 0.879. The highest BCUT2D eigenvalue weighted by Crippen LogP contribution is 2.34. The fourth-order valence-electron chi connectivity index (χ4n) is 2.29. The maximum absolute atomic E-state index is 14.0. The standard InChI is InChI=1S/C13H19FN2S/c1-13(2)9-16(6-7-17-13)12-10(8-15)4-3-5-11(12)14/h3-5H,6-9,15H2,1-2H3. The monoisotopic (exact) mass is 254 g/mol. The van der Waals surface area contributed by atoms with Crippen LogP contribution in [0, 0.1) is 5.82 Å². The molecule has 4 heteroatoms. The summed E-state index contributed by atoms with van der Waals surface area (Å²) >= 11 is 1.94. The highest BCUT2D eigenvalue weighted by molar-refractivity contribution is 8.00. The number of hydrogen-bond acceptors (Lipinski definition) is 3. The Morgan fingerprint density at radius 3 is 2.88 bits per heavy atom. The molecule has 2 N–H and O–H groups in total. The highest BCUT2D eigenvalue weighted by atomic mass is 32.2. The Hall–Kier alpha value is -0.740. The van der Waals surface area contributed by atoms with Gasteiger partial charge in [0, 0.05) is 30.1 Å². The van der Waals surface area contributed by atoms with Crippen LogP contribution >= 0.6 is 11.8 Å². The summed E-state index contributed by atoms with van der Waals surface area (Å²) in [5.74, 6) is 0.876. The van der Waals surface area contributed by atoms with Gasteiger partial charge in [0.15, 0.2) is 0 Å². The first-order valence-electron chi connectivity index (χ1n) is 5.90. The third-order valence-corrected chi connectivity index (χ3v) is 4.33. The average Bonchev–Trinajstić information content (AvgIpc) is 2.27. The third kappa shape index (κ3) is 2.75. The van der Waals surface area contributed by atoms with E-state index in [2.05, 4.69) is 18.7 Å². The SMILES string of the molecule is CC1(C)CN(c2c(F)cccc2CN)CCS1. The number of hydrogen-bond donors (Lipinski definition) is 1.